The molecule has 2 amide bonds. The molecule has 0 aromatic carbocycles. The molecule has 0 fully saturated rings. The van der Waals surface area contributed by atoms with E-state index in [-0.39, 0.29) is 9.98 Å². The van der Waals surface area contributed by atoms with E-state index in [9.17, 15) is 4.79 Å². The van der Waals surface area contributed by atoms with Crippen LogP contribution in [0.3, 0.4) is 0 Å². The van der Waals surface area contributed by atoms with Crippen molar-refractivity contribution in [1.29, 1.82) is 0 Å². The van der Waals surface area contributed by atoms with Crippen molar-refractivity contribution in [3.8, 4) is 0 Å². The summed E-state index contributed by atoms with van der Waals surface area (Å²) in [6.45, 7) is -1.03. The third kappa shape index (κ3) is 2.78. The summed E-state index contributed by atoms with van der Waals surface area (Å²) in [4.78, 5) is 11.1. The number of aliphatic hydroxyl groups excluding tert-OH is 2. The Morgan fingerprint density at radius 1 is 1.25 bits per heavy atom. The fourth-order valence-corrected chi connectivity index (χ4v) is 0.984. The summed E-state index contributed by atoms with van der Waals surface area (Å²) in [5.74, 6) is 0. The third-order valence-electron chi connectivity index (χ3n) is 0.990. The summed E-state index contributed by atoms with van der Waals surface area (Å²) in [6.07, 6.45) is 0. The molecule has 0 aromatic heterocycles. The van der Waals surface area contributed by atoms with Crippen molar-refractivity contribution >= 4 is 40.4 Å². The summed E-state index contributed by atoms with van der Waals surface area (Å²) < 4.78 is 0. The summed E-state index contributed by atoms with van der Waals surface area (Å²) >= 11 is 9.14. The third-order valence-corrected chi connectivity index (χ3v) is 1.61. The van der Waals surface area contributed by atoms with Crippen LogP contribution in [0, 0.1) is 0 Å². The summed E-state index contributed by atoms with van der Waals surface area (Å²) in [5, 5.41) is 17.1. The molecule has 0 bridgehead atoms. The molecule has 0 rings (SSSR count). The van der Waals surface area contributed by atoms with Gasteiger partial charge < -0.3 is 15.9 Å². The molecule has 5 nitrogen and oxygen atoms in total. The van der Waals surface area contributed by atoms with E-state index in [4.69, 9.17) is 15.9 Å². The summed E-state index contributed by atoms with van der Waals surface area (Å²) in [5.41, 5.74) is 4.88. The topological polar surface area (TPSA) is 86.8 Å². The molecule has 0 aliphatic carbocycles. The van der Waals surface area contributed by atoms with Crippen molar-refractivity contribution in [3.63, 3.8) is 0 Å². The van der Waals surface area contributed by atoms with E-state index in [1.165, 1.54) is 0 Å². The van der Waals surface area contributed by atoms with Crippen molar-refractivity contribution in [2.75, 3.05) is 13.2 Å². The van der Waals surface area contributed by atoms with Crippen LogP contribution in [0.5, 0.6) is 0 Å². The summed E-state index contributed by atoms with van der Waals surface area (Å²) in [7, 11) is 0. The average Bonchev–Trinajstić information content (AvgIpc) is 2.03. The van der Waals surface area contributed by atoms with Gasteiger partial charge in [0.05, 0.1) is 13.2 Å². The highest BCUT2D eigenvalue weighted by molar-refractivity contribution is 7.82. The normalized spacial score (nSPS) is 9.17. The lowest BCUT2D eigenvalue weighted by Gasteiger charge is -2.18. The van der Waals surface area contributed by atoms with Gasteiger partial charge in [0.1, 0.15) is 9.98 Å². The second-order valence-electron chi connectivity index (χ2n) is 1.78. The zero-order valence-electron chi connectivity index (χ0n) is 6.06. The van der Waals surface area contributed by atoms with E-state index < -0.39 is 19.2 Å². The first kappa shape index (κ1) is 11.4. The number of aliphatic hydroxyl groups is 2. The van der Waals surface area contributed by atoms with Gasteiger partial charge in [-0.1, -0.05) is 24.4 Å². The van der Waals surface area contributed by atoms with E-state index in [1.807, 2.05) is 0 Å². The fraction of sp³-hybridized carbons (Fsp3) is 0.400. The lowest BCUT2D eigenvalue weighted by atomic mass is 10.5. The van der Waals surface area contributed by atoms with Crippen LogP contribution in [0.2, 0.25) is 0 Å². The van der Waals surface area contributed by atoms with E-state index in [1.54, 1.807) is 0 Å². The predicted octanol–water partition coefficient (Wildman–Crippen LogP) is -0.994. The molecular formula is C5H8N2O3S2. The second kappa shape index (κ2) is 5.09. The van der Waals surface area contributed by atoms with E-state index >= 15 is 0 Å². The van der Waals surface area contributed by atoms with Gasteiger partial charge in [-0.3, -0.25) is 0 Å². The number of amides is 2. The molecule has 0 spiro atoms. The maximum absolute atomic E-state index is 10.7. The number of primary amides is 1. The number of hydrogen-bond acceptors (Lipinski definition) is 5. The van der Waals surface area contributed by atoms with Gasteiger partial charge in [0.15, 0.2) is 0 Å². The largest absolute Gasteiger partial charge is 0.389 e. The van der Waals surface area contributed by atoms with E-state index in [2.05, 4.69) is 24.4 Å². The zero-order valence-corrected chi connectivity index (χ0v) is 7.69. The Morgan fingerprint density at radius 3 is 1.75 bits per heavy atom. The first-order valence-corrected chi connectivity index (χ1v) is 3.73. The minimum absolute atomic E-state index is 0.124. The quantitative estimate of drug-likeness (QED) is 0.507. The minimum atomic E-state index is -0.909. The lowest BCUT2D eigenvalue weighted by Crippen LogP contribution is -2.45. The molecule has 0 heterocycles. The van der Waals surface area contributed by atoms with E-state index in [0.29, 0.717) is 4.90 Å². The molecule has 0 saturated heterocycles. The molecule has 0 aliphatic heterocycles. The minimum Gasteiger partial charge on any atom is -0.389 e. The van der Waals surface area contributed by atoms with Crippen LogP contribution in [0.15, 0.2) is 0 Å². The van der Waals surface area contributed by atoms with Crippen LogP contribution in [0.4, 0.5) is 4.79 Å². The van der Waals surface area contributed by atoms with Gasteiger partial charge in [0.2, 0.25) is 0 Å². The Morgan fingerprint density at radius 2 is 1.58 bits per heavy atom. The van der Waals surface area contributed by atoms with Crippen molar-refractivity contribution in [1.82, 2.24) is 4.90 Å². The average molecular weight is 208 g/mol. The standard InChI is InChI=1S/C5H8N2O3S2/c6-5(10)7(3(11)1-8)4(12)2-9/h8-9H,1-2H2,(H2,6,10). The monoisotopic (exact) mass is 208 g/mol. The molecule has 0 aromatic rings. The predicted molar refractivity (Wildman–Crippen MR) is 50.8 cm³/mol. The summed E-state index contributed by atoms with van der Waals surface area (Å²) in [6, 6.07) is -0.909. The number of urea groups is 1. The van der Waals surface area contributed by atoms with Gasteiger partial charge in [0, 0.05) is 0 Å². The van der Waals surface area contributed by atoms with Crippen molar-refractivity contribution in [3.05, 3.63) is 0 Å². The van der Waals surface area contributed by atoms with Crippen molar-refractivity contribution in [2.24, 2.45) is 5.73 Å². The first-order chi connectivity index (χ1) is 5.54. The zero-order chi connectivity index (χ0) is 9.72. The molecule has 0 saturated carbocycles. The number of carbonyl (C=O) groups is 1. The van der Waals surface area contributed by atoms with Gasteiger partial charge in [-0.15, -0.1) is 0 Å². The molecule has 7 heteroatoms. The fourth-order valence-electron chi connectivity index (χ4n) is 0.526. The Bertz CT molecular complexity index is 203. The molecule has 68 valence electrons. The SMILES string of the molecule is NC(=O)N(C(=S)CO)C(=S)CO. The molecular weight excluding hydrogens is 200 g/mol. The lowest BCUT2D eigenvalue weighted by molar-refractivity contribution is 0.238. The molecule has 0 unspecified atom stereocenters. The van der Waals surface area contributed by atoms with Crippen LogP contribution in [-0.4, -0.2) is 44.3 Å². The maximum atomic E-state index is 10.7. The number of thiocarbonyl (C=S) groups is 2. The van der Waals surface area contributed by atoms with Crippen LogP contribution in [0.25, 0.3) is 0 Å². The maximum Gasteiger partial charge on any atom is 0.324 e. The van der Waals surface area contributed by atoms with Gasteiger partial charge in [-0.2, -0.15) is 0 Å². The Balaban J connectivity index is 4.55. The number of hydrogen-bond donors (Lipinski definition) is 3. The van der Waals surface area contributed by atoms with Crippen molar-refractivity contribution < 1.29 is 15.0 Å². The Labute approximate surface area is 79.8 Å². The molecule has 0 atom stereocenters. The Kier molecular flexibility index (Phi) is 4.83. The van der Waals surface area contributed by atoms with Gasteiger partial charge >= 0.3 is 6.03 Å². The number of nitrogens with zero attached hydrogens (tertiary/aromatic N) is 1. The number of nitrogens with two attached hydrogens (primary N) is 1. The van der Waals surface area contributed by atoms with E-state index in [0.717, 1.165) is 0 Å². The number of rotatable bonds is 2. The van der Waals surface area contributed by atoms with Crippen LogP contribution in [-0.2, 0) is 0 Å². The van der Waals surface area contributed by atoms with Crippen molar-refractivity contribution in [2.45, 2.75) is 0 Å². The first-order valence-electron chi connectivity index (χ1n) is 2.91. The second-order valence-corrected chi connectivity index (χ2v) is 2.72. The highest BCUT2D eigenvalue weighted by Crippen LogP contribution is 1.95. The number of carbonyl (C=O) groups excluding carboxylic acids is 1. The molecule has 0 radical (unpaired) electrons. The molecule has 0 aliphatic rings. The Hall–Kier alpha value is -0.630. The molecule has 4 N–H and O–H groups in total. The van der Waals surface area contributed by atoms with Gasteiger partial charge in [0.25, 0.3) is 0 Å². The van der Waals surface area contributed by atoms with Crippen LogP contribution < -0.4 is 5.73 Å². The van der Waals surface area contributed by atoms with Gasteiger partial charge in [-0.25, -0.2) is 9.69 Å². The van der Waals surface area contributed by atoms with Crippen LogP contribution >= 0.6 is 24.4 Å². The molecule has 12 heavy (non-hydrogen) atoms. The highest BCUT2D eigenvalue weighted by Gasteiger charge is 2.18. The van der Waals surface area contributed by atoms with Crippen LogP contribution in [0.1, 0.15) is 0 Å². The smallest absolute Gasteiger partial charge is 0.324 e. The highest BCUT2D eigenvalue weighted by atomic mass is 32.1. The van der Waals surface area contributed by atoms with Gasteiger partial charge in [-0.05, 0) is 0 Å².